The Morgan fingerprint density at radius 2 is 1.58 bits per heavy atom. The Labute approximate surface area is 190 Å². The maximum Gasteiger partial charge on any atom is 0.291 e. The lowest BCUT2D eigenvalue weighted by molar-refractivity contribution is -0.114. The summed E-state index contributed by atoms with van der Waals surface area (Å²) < 4.78 is 10.6. The van der Waals surface area contributed by atoms with Crippen LogP contribution in [0.1, 0.15) is 52.0 Å². The summed E-state index contributed by atoms with van der Waals surface area (Å²) in [4.78, 5) is 48.8. The minimum absolute atomic E-state index is 0.0911. The van der Waals surface area contributed by atoms with Crippen LogP contribution in [0, 0.1) is 0 Å². The molecule has 0 aliphatic rings. The lowest BCUT2D eigenvalue weighted by atomic mass is 10.1. The van der Waals surface area contributed by atoms with Crippen molar-refractivity contribution in [1.29, 1.82) is 0 Å². The first-order chi connectivity index (χ1) is 15.8. The molecule has 1 aromatic heterocycles. The molecule has 0 spiro atoms. The fourth-order valence-electron chi connectivity index (χ4n) is 3.03. The lowest BCUT2D eigenvalue weighted by Gasteiger charge is -2.14. The highest BCUT2D eigenvalue weighted by Gasteiger charge is 2.16. The molecule has 0 aliphatic heterocycles. The van der Waals surface area contributed by atoms with E-state index in [0.717, 1.165) is 0 Å². The SMILES string of the molecule is CCOc1ccc(C(C)=O)cc1NC(=O)c1cc(NC(C)=O)cc(NC(=O)c2ccco2)c1. The average Bonchev–Trinajstić information content (AvgIpc) is 3.29. The summed E-state index contributed by atoms with van der Waals surface area (Å²) in [7, 11) is 0. The van der Waals surface area contributed by atoms with Crippen LogP contribution < -0.4 is 20.7 Å². The third kappa shape index (κ3) is 6.07. The molecule has 0 radical (unpaired) electrons. The third-order valence-corrected chi connectivity index (χ3v) is 4.45. The Morgan fingerprint density at radius 1 is 0.848 bits per heavy atom. The number of ketones is 1. The molecule has 0 atom stereocenters. The predicted octanol–water partition coefficient (Wildman–Crippen LogP) is 4.34. The first kappa shape index (κ1) is 23.3. The summed E-state index contributed by atoms with van der Waals surface area (Å²) in [5, 5.41) is 7.98. The van der Waals surface area contributed by atoms with Crippen molar-refractivity contribution in [2.45, 2.75) is 20.8 Å². The largest absolute Gasteiger partial charge is 0.492 e. The van der Waals surface area contributed by atoms with Crippen LogP contribution in [-0.2, 0) is 4.79 Å². The quantitative estimate of drug-likeness (QED) is 0.439. The normalized spacial score (nSPS) is 10.3. The standard InChI is InChI=1S/C24H23N3O6/c1-4-32-21-8-7-16(14(2)28)12-20(21)27-23(30)17-10-18(25-15(3)29)13-19(11-17)26-24(31)22-6-5-9-33-22/h5-13H,4H2,1-3H3,(H,25,29)(H,26,31)(H,27,30). The summed E-state index contributed by atoms with van der Waals surface area (Å²) >= 11 is 0. The number of rotatable bonds is 8. The smallest absolute Gasteiger partial charge is 0.291 e. The van der Waals surface area contributed by atoms with Crippen LogP contribution >= 0.6 is 0 Å². The van der Waals surface area contributed by atoms with Gasteiger partial charge in [-0.05, 0) is 62.4 Å². The Bertz CT molecular complexity index is 1200. The zero-order valence-electron chi connectivity index (χ0n) is 18.4. The zero-order valence-corrected chi connectivity index (χ0v) is 18.4. The first-order valence-corrected chi connectivity index (χ1v) is 10.1. The number of benzene rings is 2. The summed E-state index contributed by atoms with van der Waals surface area (Å²) in [5.41, 5.74) is 1.47. The molecule has 3 aromatic rings. The van der Waals surface area contributed by atoms with Crippen molar-refractivity contribution in [2.24, 2.45) is 0 Å². The number of nitrogens with one attached hydrogen (secondary N) is 3. The Balaban J connectivity index is 1.93. The van der Waals surface area contributed by atoms with E-state index in [9.17, 15) is 19.2 Å². The van der Waals surface area contributed by atoms with Gasteiger partial charge in [0.1, 0.15) is 5.75 Å². The highest BCUT2D eigenvalue weighted by atomic mass is 16.5. The maximum atomic E-state index is 13.1. The van der Waals surface area contributed by atoms with Gasteiger partial charge < -0.3 is 25.1 Å². The molecule has 0 saturated carbocycles. The van der Waals surface area contributed by atoms with Gasteiger partial charge in [-0.1, -0.05) is 0 Å². The summed E-state index contributed by atoms with van der Waals surface area (Å²) in [6, 6.07) is 12.3. The fourth-order valence-corrected chi connectivity index (χ4v) is 3.03. The molecular formula is C24H23N3O6. The van der Waals surface area contributed by atoms with Crippen LogP contribution in [-0.4, -0.2) is 30.1 Å². The van der Waals surface area contributed by atoms with E-state index in [1.54, 1.807) is 25.1 Å². The van der Waals surface area contributed by atoms with E-state index in [-0.39, 0.29) is 28.7 Å². The van der Waals surface area contributed by atoms with Gasteiger partial charge in [0.05, 0.1) is 18.6 Å². The van der Waals surface area contributed by atoms with E-state index in [2.05, 4.69) is 16.0 Å². The summed E-state index contributed by atoms with van der Waals surface area (Å²) in [6.45, 7) is 4.92. The lowest BCUT2D eigenvalue weighted by Crippen LogP contribution is -2.16. The summed E-state index contributed by atoms with van der Waals surface area (Å²) in [5.74, 6) is -1.06. The van der Waals surface area contributed by atoms with Crippen LogP contribution in [0.5, 0.6) is 5.75 Å². The molecule has 2 aromatic carbocycles. The fraction of sp³-hybridized carbons (Fsp3) is 0.167. The van der Waals surface area contributed by atoms with Crippen molar-refractivity contribution in [3.8, 4) is 5.75 Å². The molecule has 9 nitrogen and oxygen atoms in total. The van der Waals surface area contributed by atoms with Crippen LogP contribution in [0.4, 0.5) is 17.1 Å². The minimum atomic E-state index is -0.530. The molecule has 9 heteroatoms. The molecule has 170 valence electrons. The van der Waals surface area contributed by atoms with Gasteiger partial charge in [0, 0.05) is 29.4 Å². The molecule has 3 N–H and O–H groups in total. The van der Waals surface area contributed by atoms with Crippen molar-refractivity contribution in [1.82, 2.24) is 0 Å². The van der Waals surface area contributed by atoms with E-state index in [1.165, 1.54) is 50.4 Å². The number of amides is 3. The minimum Gasteiger partial charge on any atom is -0.492 e. The number of hydrogen-bond donors (Lipinski definition) is 3. The number of furan rings is 1. The number of carbonyl (C=O) groups is 4. The van der Waals surface area contributed by atoms with Gasteiger partial charge in [0.25, 0.3) is 11.8 Å². The van der Waals surface area contributed by atoms with Crippen molar-refractivity contribution in [2.75, 3.05) is 22.6 Å². The van der Waals surface area contributed by atoms with Gasteiger partial charge in [-0.15, -0.1) is 0 Å². The molecule has 3 amide bonds. The molecule has 0 aliphatic carbocycles. The van der Waals surface area contributed by atoms with Crippen molar-refractivity contribution >= 4 is 40.6 Å². The van der Waals surface area contributed by atoms with E-state index in [4.69, 9.17) is 9.15 Å². The number of ether oxygens (including phenoxy) is 1. The van der Waals surface area contributed by atoms with Crippen molar-refractivity contribution < 1.29 is 28.3 Å². The summed E-state index contributed by atoms with van der Waals surface area (Å²) in [6.07, 6.45) is 1.37. The topological polar surface area (TPSA) is 127 Å². The molecule has 0 saturated heterocycles. The van der Waals surface area contributed by atoms with Crippen molar-refractivity contribution in [3.05, 3.63) is 71.7 Å². The van der Waals surface area contributed by atoms with E-state index in [1.807, 2.05) is 0 Å². The zero-order chi connectivity index (χ0) is 24.0. The number of hydrogen-bond acceptors (Lipinski definition) is 6. The number of anilines is 3. The Kier molecular flexibility index (Phi) is 7.24. The van der Waals surface area contributed by atoms with Gasteiger partial charge in [0.15, 0.2) is 11.5 Å². The molecule has 33 heavy (non-hydrogen) atoms. The van der Waals surface area contributed by atoms with E-state index in [0.29, 0.717) is 29.3 Å². The molecule has 0 fully saturated rings. The Morgan fingerprint density at radius 3 is 2.18 bits per heavy atom. The van der Waals surface area contributed by atoms with Crippen LogP contribution in [0.2, 0.25) is 0 Å². The third-order valence-electron chi connectivity index (χ3n) is 4.45. The highest BCUT2D eigenvalue weighted by Crippen LogP contribution is 2.28. The van der Waals surface area contributed by atoms with Crippen molar-refractivity contribution in [3.63, 3.8) is 0 Å². The molecule has 0 bridgehead atoms. The second-order valence-electron chi connectivity index (χ2n) is 7.07. The molecule has 0 unspecified atom stereocenters. The van der Waals surface area contributed by atoms with Gasteiger partial charge in [-0.3, -0.25) is 19.2 Å². The van der Waals surface area contributed by atoms with E-state index >= 15 is 0 Å². The second-order valence-corrected chi connectivity index (χ2v) is 7.07. The van der Waals surface area contributed by atoms with Crippen LogP contribution in [0.3, 0.4) is 0 Å². The Hall–Kier alpha value is -4.40. The predicted molar refractivity (Wildman–Crippen MR) is 123 cm³/mol. The van der Waals surface area contributed by atoms with Gasteiger partial charge in [0.2, 0.25) is 5.91 Å². The highest BCUT2D eigenvalue weighted by molar-refractivity contribution is 6.09. The molecule has 1 heterocycles. The monoisotopic (exact) mass is 449 g/mol. The van der Waals surface area contributed by atoms with E-state index < -0.39 is 11.8 Å². The molecule has 3 rings (SSSR count). The number of Topliss-reactive ketones (excluding diaryl/α,β-unsaturated/α-hetero) is 1. The average molecular weight is 449 g/mol. The van der Waals surface area contributed by atoms with Gasteiger partial charge >= 0.3 is 0 Å². The maximum absolute atomic E-state index is 13.1. The van der Waals surface area contributed by atoms with Gasteiger partial charge in [-0.2, -0.15) is 0 Å². The van der Waals surface area contributed by atoms with Crippen LogP contribution in [0.15, 0.2) is 59.2 Å². The number of carbonyl (C=O) groups excluding carboxylic acids is 4. The van der Waals surface area contributed by atoms with Crippen LogP contribution in [0.25, 0.3) is 0 Å². The second kappa shape index (κ2) is 10.3. The van der Waals surface area contributed by atoms with Gasteiger partial charge in [-0.25, -0.2) is 0 Å². The molecular weight excluding hydrogens is 426 g/mol. The first-order valence-electron chi connectivity index (χ1n) is 10.1.